The minimum Gasteiger partial charge on any atom is -0.362 e. The Bertz CT molecular complexity index is 245. The summed E-state index contributed by atoms with van der Waals surface area (Å²) in [5.74, 6) is 0. The normalized spacial score (nSPS) is 9.62. The Morgan fingerprint density at radius 1 is 1.69 bits per heavy atom. The van der Waals surface area contributed by atoms with Gasteiger partial charge in [-0.25, -0.2) is 0 Å². The molecule has 0 aliphatic rings. The maximum atomic E-state index is 5.05. The highest BCUT2D eigenvalue weighted by Crippen LogP contribution is 1.99. The predicted octanol–water partition coefficient (Wildman–Crippen LogP) is 1.50. The van der Waals surface area contributed by atoms with Crippen LogP contribution in [0.5, 0.6) is 0 Å². The van der Waals surface area contributed by atoms with Crippen LogP contribution in [0, 0.1) is 0 Å². The van der Waals surface area contributed by atoms with Gasteiger partial charge in [-0.3, -0.25) is 5.10 Å². The van der Waals surface area contributed by atoms with E-state index >= 15 is 0 Å². The summed E-state index contributed by atoms with van der Waals surface area (Å²) in [6.45, 7) is 3.06. The molecule has 0 fully saturated rings. The third-order valence-electron chi connectivity index (χ3n) is 1.57. The highest BCUT2D eigenvalue weighted by atomic mass is 32.1. The van der Waals surface area contributed by atoms with Gasteiger partial charge in [0.25, 0.3) is 0 Å². The Labute approximate surface area is 83.1 Å². The van der Waals surface area contributed by atoms with Crippen LogP contribution >= 0.6 is 12.2 Å². The van der Waals surface area contributed by atoms with Crippen LogP contribution in [0.3, 0.4) is 0 Å². The predicted molar refractivity (Wildman–Crippen MR) is 57.7 cm³/mol. The average molecular weight is 198 g/mol. The average Bonchev–Trinajstić information content (AvgIpc) is 2.57. The van der Waals surface area contributed by atoms with E-state index in [1.807, 2.05) is 0 Å². The molecule has 0 aromatic carbocycles. The van der Waals surface area contributed by atoms with E-state index in [1.54, 1.807) is 12.4 Å². The fourth-order valence-electron chi connectivity index (χ4n) is 0.873. The van der Waals surface area contributed by atoms with Crippen LogP contribution in [0.2, 0.25) is 0 Å². The van der Waals surface area contributed by atoms with Gasteiger partial charge < -0.3 is 10.6 Å². The van der Waals surface area contributed by atoms with E-state index in [2.05, 4.69) is 27.8 Å². The van der Waals surface area contributed by atoms with Crippen LogP contribution < -0.4 is 10.6 Å². The Morgan fingerprint density at radius 2 is 2.54 bits per heavy atom. The Morgan fingerprint density at radius 3 is 3.15 bits per heavy atom. The first-order valence-electron chi connectivity index (χ1n) is 4.36. The van der Waals surface area contributed by atoms with Gasteiger partial charge in [-0.15, -0.1) is 0 Å². The molecule has 0 saturated carbocycles. The topological polar surface area (TPSA) is 52.7 Å². The molecule has 72 valence electrons. The van der Waals surface area contributed by atoms with E-state index in [1.165, 1.54) is 6.42 Å². The van der Waals surface area contributed by atoms with E-state index in [9.17, 15) is 0 Å². The number of H-pyrrole nitrogens is 1. The quantitative estimate of drug-likeness (QED) is 0.507. The maximum Gasteiger partial charge on any atom is 0.170 e. The number of thiocarbonyl (C=S) groups is 1. The number of hydrogen-bond donors (Lipinski definition) is 3. The monoisotopic (exact) mass is 198 g/mol. The lowest BCUT2D eigenvalue weighted by molar-refractivity contribution is 0.758. The van der Waals surface area contributed by atoms with Crippen molar-refractivity contribution < 1.29 is 0 Å². The van der Waals surface area contributed by atoms with Crippen LogP contribution in [0.4, 0.5) is 5.69 Å². The van der Waals surface area contributed by atoms with Crippen molar-refractivity contribution in [2.24, 2.45) is 0 Å². The minimum atomic E-state index is 0.648. The number of anilines is 1. The van der Waals surface area contributed by atoms with Gasteiger partial charge in [0.2, 0.25) is 0 Å². The summed E-state index contributed by atoms with van der Waals surface area (Å²) in [5, 5.41) is 13.3. The van der Waals surface area contributed by atoms with Crippen molar-refractivity contribution in [2.45, 2.75) is 19.8 Å². The van der Waals surface area contributed by atoms with Crippen molar-refractivity contribution in [1.29, 1.82) is 0 Å². The smallest absolute Gasteiger partial charge is 0.170 e. The Kier molecular flexibility index (Phi) is 4.25. The second kappa shape index (κ2) is 5.53. The molecule has 0 atom stereocenters. The zero-order chi connectivity index (χ0) is 9.52. The molecule has 13 heavy (non-hydrogen) atoms. The standard InChI is InChI=1S/C8H14N4S/c1-2-3-4-9-8(13)12-7-5-10-11-6-7/h5-6H,2-4H2,1H3,(H,10,11)(H2,9,12,13). The van der Waals surface area contributed by atoms with Crippen LogP contribution in [-0.4, -0.2) is 21.9 Å². The molecule has 5 heteroatoms. The number of aromatic nitrogens is 2. The molecule has 0 bridgehead atoms. The van der Waals surface area contributed by atoms with Gasteiger partial charge in [-0.2, -0.15) is 5.10 Å². The molecule has 0 aliphatic heterocycles. The minimum absolute atomic E-state index is 0.648. The van der Waals surface area contributed by atoms with E-state index in [0.29, 0.717) is 5.11 Å². The zero-order valence-corrected chi connectivity index (χ0v) is 8.45. The van der Waals surface area contributed by atoms with Gasteiger partial charge in [-0.05, 0) is 18.6 Å². The fourth-order valence-corrected chi connectivity index (χ4v) is 1.09. The molecule has 0 radical (unpaired) electrons. The molecule has 4 nitrogen and oxygen atoms in total. The third-order valence-corrected chi connectivity index (χ3v) is 1.82. The first-order chi connectivity index (χ1) is 6.33. The number of aromatic amines is 1. The van der Waals surface area contributed by atoms with Gasteiger partial charge in [0, 0.05) is 12.7 Å². The summed E-state index contributed by atoms with van der Waals surface area (Å²) in [5.41, 5.74) is 0.883. The molecule has 3 N–H and O–H groups in total. The number of nitrogens with zero attached hydrogens (tertiary/aromatic N) is 1. The fraction of sp³-hybridized carbons (Fsp3) is 0.500. The van der Waals surface area contributed by atoms with Crippen LogP contribution in [0.1, 0.15) is 19.8 Å². The number of nitrogens with one attached hydrogen (secondary N) is 3. The molecule has 0 amide bonds. The van der Waals surface area contributed by atoms with Crippen molar-refractivity contribution >= 4 is 23.0 Å². The number of hydrogen-bond acceptors (Lipinski definition) is 2. The Balaban J connectivity index is 2.18. The molecule has 1 aromatic rings. The van der Waals surface area contributed by atoms with Crippen LogP contribution in [0.25, 0.3) is 0 Å². The maximum absolute atomic E-state index is 5.05. The Hall–Kier alpha value is -1.10. The first-order valence-corrected chi connectivity index (χ1v) is 4.77. The van der Waals surface area contributed by atoms with E-state index in [0.717, 1.165) is 18.7 Å². The molecule has 0 aliphatic carbocycles. The molecule has 1 rings (SSSR count). The summed E-state index contributed by atoms with van der Waals surface area (Å²) in [6, 6.07) is 0. The number of rotatable bonds is 4. The highest BCUT2D eigenvalue weighted by Gasteiger charge is 1.96. The molecule has 0 spiro atoms. The molecule has 1 aromatic heterocycles. The van der Waals surface area contributed by atoms with Crippen molar-refractivity contribution in [3.8, 4) is 0 Å². The SMILES string of the molecule is CCCCNC(=S)Nc1cn[nH]c1. The van der Waals surface area contributed by atoms with Crippen LogP contribution in [0.15, 0.2) is 12.4 Å². The van der Waals surface area contributed by atoms with Gasteiger partial charge in [-0.1, -0.05) is 13.3 Å². The van der Waals surface area contributed by atoms with E-state index in [-0.39, 0.29) is 0 Å². The largest absolute Gasteiger partial charge is 0.362 e. The summed E-state index contributed by atoms with van der Waals surface area (Å²) in [7, 11) is 0. The van der Waals surface area contributed by atoms with Crippen molar-refractivity contribution in [2.75, 3.05) is 11.9 Å². The molecular weight excluding hydrogens is 184 g/mol. The summed E-state index contributed by atoms with van der Waals surface area (Å²) < 4.78 is 0. The summed E-state index contributed by atoms with van der Waals surface area (Å²) >= 11 is 5.05. The number of unbranched alkanes of at least 4 members (excludes halogenated alkanes) is 1. The second-order valence-corrected chi connectivity index (χ2v) is 3.13. The van der Waals surface area contributed by atoms with Gasteiger partial charge >= 0.3 is 0 Å². The lowest BCUT2D eigenvalue weighted by Gasteiger charge is -2.07. The second-order valence-electron chi connectivity index (χ2n) is 2.72. The van der Waals surface area contributed by atoms with Gasteiger partial charge in [0.15, 0.2) is 5.11 Å². The highest BCUT2D eigenvalue weighted by molar-refractivity contribution is 7.80. The molecule has 0 saturated heterocycles. The summed E-state index contributed by atoms with van der Waals surface area (Å²) in [6.07, 6.45) is 5.75. The summed E-state index contributed by atoms with van der Waals surface area (Å²) in [4.78, 5) is 0. The lowest BCUT2D eigenvalue weighted by Crippen LogP contribution is -2.28. The van der Waals surface area contributed by atoms with Gasteiger partial charge in [0.1, 0.15) is 0 Å². The molecule has 0 unspecified atom stereocenters. The van der Waals surface area contributed by atoms with Crippen molar-refractivity contribution in [3.63, 3.8) is 0 Å². The molecular formula is C8H14N4S. The van der Waals surface area contributed by atoms with Gasteiger partial charge in [0.05, 0.1) is 11.9 Å². The van der Waals surface area contributed by atoms with E-state index in [4.69, 9.17) is 12.2 Å². The molecule has 1 heterocycles. The third kappa shape index (κ3) is 3.89. The zero-order valence-electron chi connectivity index (χ0n) is 7.63. The van der Waals surface area contributed by atoms with Crippen molar-refractivity contribution in [1.82, 2.24) is 15.5 Å². The van der Waals surface area contributed by atoms with Crippen molar-refractivity contribution in [3.05, 3.63) is 12.4 Å². The lowest BCUT2D eigenvalue weighted by atomic mass is 10.3. The first kappa shape index (κ1) is 9.98. The van der Waals surface area contributed by atoms with Crippen LogP contribution in [-0.2, 0) is 0 Å². The van der Waals surface area contributed by atoms with E-state index < -0.39 is 0 Å².